The van der Waals surface area contributed by atoms with Crippen LogP contribution in [0, 0.1) is 0 Å². The molecule has 1 aliphatic carbocycles. The molecule has 7 heteroatoms. The van der Waals surface area contributed by atoms with Gasteiger partial charge in [-0.3, -0.25) is 0 Å². The first-order valence-corrected chi connectivity index (χ1v) is 11.2. The van der Waals surface area contributed by atoms with Crippen molar-refractivity contribution in [3.05, 3.63) is 66.4 Å². The Kier molecular flexibility index (Phi) is 5.57. The van der Waals surface area contributed by atoms with Crippen LogP contribution in [0.4, 0.5) is 23.1 Å². The molecule has 2 aliphatic rings. The highest BCUT2D eigenvalue weighted by molar-refractivity contribution is 5.63. The monoisotopic (exact) mass is 431 g/mol. The van der Waals surface area contributed by atoms with Crippen LogP contribution in [0.5, 0.6) is 5.75 Å². The minimum atomic E-state index is -0.249. The SMILES string of the molecule is COc1ccc(N2CN([C@H]3CC[C@H](O)C3)c3nc(Nc4ccccc4)ncc3[C@@H]2C)cc1. The first-order valence-electron chi connectivity index (χ1n) is 11.2. The van der Waals surface area contributed by atoms with Crippen LogP contribution >= 0.6 is 0 Å². The molecule has 0 spiro atoms. The highest BCUT2D eigenvalue weighted by atomic mass is 16.5. The lowest BCUT2D eigenvalue weighted by molar-refractivity contribution is 0.181. The number of hydrogen-bond acceptors (Lipinski definition) is 7. The van der Waals surface area contributed by atoms with Crippen molar-refractivity contribution in [2.45, 2.75) is 44.4 Å². The van der Waals surface area contributed by atoms with E-state index >= 15 is 0 Å². The first-order chi connectivity index (χ1) is 15.6. The molecule has 5 rings (SSSR count). The van der Waals surface area contributed by atoms with E-state index in [1.165, 1.54) is 0 Å². The van der Waals surface area contributed by atoms with Gasteiger partial charge in [0.2, 0.25) is 5.95 Å². The number of aliphatic hydroxyl groups excluding tert-OH is 1. The van der Waals surface area contributed by atoms with Crippen LogP contribution in [0.1, 0.15) is 37.8 Å². The molecule has 3 atom stereocenters. The molecule has 32 heavy (non-hydrogen) atoms. The fourth-order valence-corrected chi connectivity index (χ4v) is 4.72. The van der Waals surface area contributed by atoms with E-state index in [1.54, 1.807) is 7.11 Å². The van der Waals surface area contributed by atoms with Crippen molar-refractivity contribution >= 4 is 23.1 Å². The molecule has 3 aromatic rings. The molecule has 2 aromatic carbocycles. The molecule has 0 amide bonds. The molecule has 2 heterocycles. The van der Waals surface area contributed by atoms with Crippen molar-refractivity contribution < 1.29 is 9.84 Å². The fourth-order valence-electron chi connectivity index (χ4n) is 4.72. The van der Waals surface area contributed by atoms with Crippen LogP contribution in [0.15, 0.2) is 60.8 Å². The Morgan fingerprint density at radius 1 is 1.03 bits per heavy atom. The second-order valence-electron chi connectivity index (χ2n) is 8.54. The Morgan fingerprint density at radius 3 is 2.50 bits per heavy atom. The average molecular weight is 432 g/mol. The number of aromatic nitrogens is 2. The van der Waals surface area contributed by atoms with E-state index in [0.29, 0.717) is 12.6 Å². The third kappa shape index (κ3) is 3.96. The maximum absolute atomic E-state index is 10.2. The molecule has 7 nitrogen and oxygen atoms in total. The quantitative estimate of drug-likeness (QED) is 0.617. The lowest BCUT2D eigenvalue weighted by Gasteiger charge is -2.45. The zero-order valence-electron chi connectivity index (χ0n) is 18.5. The second kappa shape index (κ2) is 8.67. The summed E-state index contributed by atoms with van der Waals surface area (Å²) in [6.07, 6.45) is 4.23. The summed E-state index contributed by atoms with van der Waals surface area (Å²) in [5, 5.41) is 13.5. The summed E-state index contributed by atoms with van der Waals surface area (Å²) in [7, 11) is 1.68. The predicted molar refractivity (Wildman–Crippen MR) is 127 cm³/mol. The molecule has 0 radical (unpaired) electrons. The van der Waals surface area contributed by atoms with Gasteiger partial charge in [-0.1, -0.05) is 18.2 Å². The van der Waals surface area contributed by atoms with Gasteiger partial charge in [0, 0.05) is 29.2 Å². The van der Waals surface area contributed by atoms with Crippen LogP contribution in [0.2, 0.25) is 0 Å². The van der Waals surface area contributed by atoms with Gasteiger partial charge in [-0.15, -0.1) is 0 Å². The van der Waals surface area contributed by atoms with Gasteiger partial charge in [-0.2, -0.15) is 4.98 Å². The summed E-state index contributed by atoms with van der Waals surface area (Å²) >= 11 is 0. The molecule has 1 aliphatic heterocycles. The summed E-state index contributed by atoms with van der Waals surface area (Å²) in [5.74, 6) is 2.38. The van der Waals surface area contributed by atoms with Crippen LogP contribution in [-0.4, -0.2) is 41.0 Å². The number of rotatable bonds is 5. The molecule has 0 saturated heterocycles. The minimum absolute atomic E-state index is 0.117. The number of para-hydroxylation sites is 1. The maximum Gasteiger partial charge on any atom is 0.229 e. The zero-order valence-corrected chi connectivity index (χ0v) is 18.5. The number of hydrogen-bond donors (Lipinski definition) is 2. The standard InChI is InChI=1S/C25H29N5O2/c1-17-23-15-26-25(27-18-6-4-3-5-7-18)28-24(23)30(20-8-11-21(31)14-20)16-29(17)19-9-12-22(32-2)13-10-19/h3-7,9-10,12-13,15,17,20-21,31H,8,11,14,16H2,1-2H3,(H,26,27,28)/t17-,20-,21-/m0/s1. The highest BCUT2D eigenvalue weighted by Gasteiger charge is 2.37. The minimum Gasteiger partial charge on any atom is -0.497 e. The van der Waals surface area contributed by atoms with Gasteiger partial charge in [0.15, 0.2) is 0 Å². The third-order valence-electron chi connectivity index (χ3n) is 6.54. The Bertz CT molecular complexity index is 1060. The number of methoxy groups -OCH3 is 1. The second-order valence-corrected chi connectivity index (χ2v) is 8.54. The summed E-state index contributed by atoms with van der Waals surface area (Å²) in [4.78, 5) is 14.3. The van der Waals surface area contributed by atoms with Crippen molar-refractivity contribution in [1.29, 1.82) is 0 Å². The molecule has 0 bridgehead atoms. The van der Waals surface area contributed by atoms with E-state index in [0.717, 1.165) is 47.8 Å². The van der Waals surface area contributed by atoms with Gasteiger partial charge < -0.3 is 25.0 Å². The van der Waals surface area contributed by atoms with Gasteiger partial charge in [0.05, 0.1) is 25.9 Å². The Balaban J connectivity index is 1.50. The van der Waals surface area contributed by atoms with Crippen molar-refractivity contribution in [2.24, 2.45) is 0 Å². The summed E-state index contributed by atoms with van der Waals surface area (Å²) in [5.41, 5.74) is 3.17. The largest absolute Gasteiger partial charge is 0.497 e. The zero-order chi connectivity index (χ0) is 22.1. The fraction of sp³-hybridized carbons (Fsp3) is 0.360. The van der Waals surface area contributed by atoms with Gasteiger partial charge >= 0.3 is 0 Å². The molecule has 0 unspecified atom stereocenters. The van der Waals surface area contributed by atoms with Gasteiger partial charge in [0.1, 0.15) is 11.6 Å². The third-order valence-corrected chi connectivity index (χ3v) is 6.54. The van der Waals surface area contributed by atoms with Crippen LogP contribution < -0.4 is 19.9 Å². The molecular weight excluding hydrogens is 402 g/mol. The van der Waals surface area contributed by atoms with Crippen LogP contribution in [0.3, 0.4) is 0 Å². The molecule has 1 fully saturated rings. The molecule has 166 valence electrons. The molecule has 1 aromatic heterocycles. The van der Waals surface area contributed by atoms with E-state index < -0.39 is 0 Å². The first kappa shape index (κ1) is 20.6. The number of benzene rings is 2. The van der Waals surface area contributed by atoms with Gasteiger partial charge in [0.25, 0.3) is 0 Å². The van der Waals surface area contributed by atoms with Gasteiger partial charge in [-0.25, -0.2) is 4.98 Å². The van der Waals surface area contributed by atoms with Crippen LogP contribution in [0.25, 0.3) is 0 Å². The maximum atomic E-state index is 10.2. The van der Waals surface area contributed by atoms with Crippen LogP contribution in [-0.2, 0) is 0 Å². The van der Waals surface area contributed by atoms with E-state index in [-0.39, 0.29) is 18.2 Å². The number of anilines is 4. The summed E-state index contributed by atoms with van der Waals surface area (Å²) < 4.78 is 5.33. The lowest BCUT2D eigenvalue weighted by atomic mass is 10.0. The number of aliphatic hydroxyl groups is 1. The predicted octanol–water partition coefficient (Wildman–Crippen LogP) is 4.49. The number of fused-ring (bicyclic) bond motifs is 1. The molecular formula is C25H29N5O2. The topological polar surface area (TPSA) is 73.8 Å². The number of ether oxygens (including phenoxy) is 1. The van der Waals surface area contributed by atoms with E-state index in [4.69, 9.17) is 9.72 Å². The van der Waals surface area contributed by atoms with Gasteiger partial charge in [-0.05, 0) is 62.6 Å². The average Bonchev–Trinajstić information content (AvgIpc) is 3.26. The molecule has 1 saturated carbocycles. The Morgan fingerprint density at radius 2 is 1.81 bits per heavy atom. The van der Waals surface area contributed by atoms with Crippen molar-refractivity contribution in [2.75, 3.05) is 28.9 Å². The Hall–Kier alpha value is -3.32. The van der Waals surface area contributed by atoms with E-state index in [2.05, 4.69) is 39.2 Å². The number of nitrogens with one attached hydrogen (secondary N) is 1. The van der Waals surface area contributed by atoms with Crippen molar-refractivity contribution in [3.8, 4) is 5.75 Å². The Labute approximate surface area is 188 Å². The normalized spacial score (nSPS) is 22.5. The lowest BCUT2D eigenvalue weighted by Crippen LogP contribution is -2.49. The van der Waals surface area contributed by atoms with Crippen molar-refractivity contribution in [1.82, 2.24) is 9.97 Å². The van der Waals surface area contributed by atoms with E-state index in [1.807, 2.05) is 48.7 Å². The van der Waals surface area contributed by atoms with E-state index in [9.17, 15) is 5.11 Å². The van der Waals surface area contributed by atoms with Crippen molar-refractivity contribution in [3.63, 3.8) is 0 Å². The number of nitrogens with zero attached hydrogens (tertiary/aromatic N) is 4. The smallest absolute Gasteiger partial charge is 0.229 e. The molecule has 2 N–H and O–H groups in total. The highest BCUT2D eigenvalue weighted by Crippen LogP contribution is 2.41. The summed E-state index contributed by atoms with van der Waals surface area (Å²) in [6.45, 7) is 2.90. The summed E-state index contributed by atoms with van der Waals surface area (Å²) in [6, 6.07) is 18.5.